The molecule has 0 bridgehead atoms. The van der Waals surface area contributed by atoms with Crippen molar-refractivity contribution >= 4 is 0 Å². The van der Waals surface area contributed by atoms with Gasteiger partial charge in [0.05, 0.1) is 5.60 Å². The van der Waals surface area contributed by atoms with Gasteiger partial charge in [-0.05, 0) is 38.6 Å². The van der Waals surface area contributed by atoms with Gasteiger partial charge in [-0.2, -0.15) is 0 Å². The van der Waals surface area contributed by atoms with Crippen LogP contribution in [0.25, 0.3) is 0 Å². The van der Waals surface area contributed by atoms with Crippen molar-refractivity contribution < 1.29 is 5.11 Å². The third-order valence-corrected chi connectivity index (χ3v) is 2.63. The third kappa shape index (κ3) is 2.80. The fourth-order valence-electron chi connectivity index (χ4n) is 2.08. The topological polar surface area (TPSA) is 46.2 Å². The van der Waals surface area contributed by atoms with Gasteiger partial charge in [0.25, 0.3) is 0 Å². The largest absolute Gasteiger partial charge is 0.390 e. The zero-order chi connectivity index (χ0) is 8.32. The molecule has 0 heterocycles. The molecule has 0 aliphatic heterocycles. The first-order valence-electron chi connectivity index (χ1n) is 4.56. The van der Waals surface area contributed by atoms with Crippen molar-refractivity contribution in [1.82, 2.24) is 0 Å². The van der Waals surface area contributed by atoms with Crippen LogP contribution in [0, 0.1) is 5.92 Å². The van der Waals surface area contributed by atoms with Crippen molar-refractivity contribution in [3.8, 4) is 0 Å². The summed E-state index contributed by atoms with van der Waals surface area (Å²) in [4.78, 5) is 0. The molecule has 0 amide bonds. The van der Waals surface area contributed by atoms with Gasteiger partial charge in [-0.3, -0.25) is 0 Å². The molecule has 3 N–H and O–H groups in total. The molecule has 11 heavy (non-hydrogen) atoms. The lowest BCUT2D eigenvalue weighted by Crippen LogP contribution is -2.32. The maximum absolute atomic E-state index is 9.73. The van der Waals surface area contributed by atoms with E-state index in [1.54, 1.807) is 0 Å². The summed E-state index contributed by atoms with van der Waals surface area (Å²) in [5.74, 6) is 0.670. The van der Waals surface area contributed by atoms with E-state index in [4.69, 9.17) is 5.73 Å². The van der Waals surface area contributed by atoms with Crippen LogP contribution < -0.4 is 5.73 Å². The molecular weight excluding hydrogens is 138 g/mol. The summed E-state index contributed by atoms with van der Waals surface area (Å²) in [5.41, 5.74) is 5.06. The maximum atomic E-state index is 9.73. The van der Waals surface area contributed by atoms with Gasteiger partial charge in [0, 0.05) is 0 Å². The lowest BCUT2D eigenvalue weighted by atomic mass is 9.78. The van der Waals surface area contributed by atoms with Gasteiger partial charge in [-0.25, -0.2) is 0 Å². The molecule has 1 rings (SSSR count). The van der Waals surface area contributed by atoms with E-state index in [2.05, 4.69) is 0 Å². The molecule has 2 heteroatoms. The molecule has 0 radical (unpaired) electrons. The Morgan fingerprint density at radius 3 is 2.91 bits per heavy atom. The van der Waals surface area contributed by atoms with E-state index in [1.807, 2.05) is 6.92 Å². The van der Waals surface area contributed by atoms with Crippen LogP contribution in [0.5, 0.6) is 0 Å². The highest BCUT2D eigenvalue weighted by Gasteiger charge is 2.28. The first kappa shape index (κ1) is 9.01. The summed E-state index contributed by atoms with van der Waals surface area (Å²) in [6.07, 6.45) is 5.42. The summed E-state index contributed by atoms with van der Waals surface area (Å²) < 4.78 is 0. The number of aliphatic hydroxyl groups is 1. The molecule has 1 fully saturated rings. The van der Waals surface area contributed by atoms with Crippen LogP contribution in [0.4, 0.5) is 0 Å². The molecule has 0 aromatic heterocycles. The lowest BCUT2D eigenvalue weighted by molar-refractivity contribution is 0.0000587. The molecule has 2 atom stereocenters. The van der Waals surface area contributed by atoms with E-state index >= 15 is 0 Å². The van der Waals surface area contributed by atoms with Gasteiger partial charge < -0.3 is 10.8 Å². The SMILES string of the molecule is CC1(O)CCCC(CCN)C1. The molecular formula is C9H19NO. The first-order chi connectivity index (χ1) is 5.14. The average molecular weight is 157 g/mol. The van der Waals surface area contributed by atoms with E-state index in [0.29, 0.717) is 5.92 Å². The molecule has 0 saturated heterocycles. The summed E-state index contributed by atoms with van der Waals surface area (Å²) >= 11 is 0. The Labute approximate surface area is 68.8 Å². The number of hydrogen-bond donors (Lipinski definition) is 2. The van der Waals surface area contributed by atoms with Crippen LogP contribution in [0.15, 0.2) is 0 Å². The lowest BCUT2D eigenvalue weighted by Gasteiger charge is -2.33. The fourth-order valence-corrected chi connectivity index (χ4v) is 2.08. The zero-order valence-corrected chi connectivity index (χ0v) is 7.34. The summed E-state index contributed by atoms with van der Waals surface area (Å²) in [6.45, 7) is 2.70. The number of hydrogen-bond acceptors (Lipinski definition) is 2. The molecule has 1 aliphatic rings. The van der Waals surface area contributed by atoms with E-state index in [9.17, 15) is 5.11 Å². The average Bonchev–Trinajstić information content (AvgIpc) is 1.85. The molecule has 0 spiro atoms. The van der Waals surface area contributed by atoms with E-state index in [0.717, 1.165) is 32.2 Å². The highest BCUT2D eigenvalue weighted by atomic mass is 16.3. The smallest absolute Gasteiger partial charge is 0.0622 e. The highest BCUT2D eigenvalue weighted by Crippen LogP contribution is 2.33. The molecule has 0 aromatic carbocycles. The van der Waals surface area contributed by atoms with Gasteiger partial charge in [-0.15, -0.1) is 0 Å². The maximum Gasteiger partial charge on any atom is 0.0622 e. The Morgan fingerprint density at radius 1 is 1.64 bits per heavy atom. The highest BCUT2D eigenvalue weighted by molar-refractivity contribution is 4.82. The van der Waals surface area contributed by atoms with Crippen molar-refractivity contribution in [1.29, 1.82) is 0 Å². The predicted molar refractivity (Wildman–Crippen MR) is 46.3 cm³/mol. The second kappa shape index (κ2) is 3.55. The number of nitrogens with two attached hydrogens (primary N) is 1. The standard InChI is InChI=1S/C9H19NO/c1-9(11)5-2-3-8(7-9)4-6-10/h8,11H,2-7,10H2,1H3. The van der Waals surface area contributed by atoms with Crippen molar-refractivity contribution in [2.24, 2.45) is 11.7 Å². The molecule has 1 saturated carbocycles. The predicted octanol–water partition coefficient (Wildman–Crippen LogP) is 1.28. The molecule has 66 valence electrons. The monoisotopic (exact) mass is 157 g/mol. The summed E-state index contributed by atoms with van der Waals surface area (Å²) in [7, 11) is 0. The Bertz CT molecular complexity index is 121. The minimum atomic E-state index is -0.405. The minimum Gasteiger partial charge on any atom is -0.390 e. The Morgan fingerprint density at radius 2 is 2.36 bits per heavy atom. The molecule has 0 aromatic rings. The zero-order valence-electron chi connectivity index (χ0n) is 7.34. The second-order valence-electron chi connectivity index (χ2n) is 4.04. The fraction of sp³-hybridized carbons (Fsp3) is 1.00. The van der Waals surface area contributed by atoms with Crippen LogP contribution in [0.3, 0.4) is 0 Å². The molecule has 1 aliphatic carbocycles. The Hall–Kier alpha value is -0.0800. The first-order valence-corrected chi connectivity index (χ1v) is 4.56. The third-order valence-electron chi connectivity index (χ3n) is 2.63. The van der Waals surface area contributed by atoms with Gasteiger partial charge in [0.2, 0.25) is 0 Å². The normalized spacial score (nSPS) is 39.0. The van der Waals surface area contributed by atoms with Gasteiger partial charge in [-0.1, -0.05) is 12.8 Å². The quantitative estimate of drug-likeness (QED) is 0.634. The van der Waals surface area contributed by atoms with Crippen LogP contribution in [0.2, 0.25) is 0 Å². The van der Waals surface area contributed by atoms with Crippen LogP contribution in [0.1, 0.15) is 39.0 Å². The van der Waals surface area contributed by atoms with Crippen molar-refractivity contribution in [2.45, 2.75) is 44.6 Å². The Balaban J connectivity index is 2.34. The van der Waals surface area contributed by atoms with Gasteiger partial charge >= 0.3 is 0 Å². The minimum absolute atomic E-state index is 0.405. The Kier molecular flexibility index (Phi) is 2.90. The van der Waals surface area contributed by atoms with E-state index < -0.39 is 5.60 Å². The van der Waals surface area contributed by atoms with Crippen LogP contribution in [-0.4, -0.2) is 17.3 Å². The summed E-state index contributed by atoms with van der Waals surface area (Å²) in [6, 6.07) is 0. The van der Waals surface area contributed by atoms with Crippen LogP contribution in [-0.2, 0) is 0 Å². The summed E-state index contributed by atoms with van der Waals surface area (Å²) in [5, 5.41) is 9.73. The van der Waals surface area contributed by atoms with Crippen molar-refractivity contribution in [2.75, 3.05) is 6.54 Å². The molecule has 2 nitrogen and oxygen atoms in total. The van der Waals surface area contributed by atoms with Crippen LogP contribution >= 0.6 is 0 Å². The van der Waals surface area contributed by atoms with E-state index in [-0.39, 0.29) is 0 Å². The molecule has 2 unspecified atom stereocenters. The number of rotatable bonds is 2. The second-order valence-corrected chi connectivity index (χ2v) is 4.04. The van der Waals surface area contributed by atoms with Gasteiger partial charge in [0.15, 0.2) is 0 Å². The van der Waals surface area contributed by atoms with E-state index in [1.165, 1.54) is 6.42 Å². The van der Waals surface area contributed by atoms with Crippen molar-refractivity contribution in [3.63, 3.8) is 0 Å². The van der Waals surface area contributed by atoms with Gasteiger partial charge in [0.1, 0.15) is 0 Å². The van der Waals surface area contributed by atoms with Crippen molar-refractivity contribution in [3.05, 3.63) is 0 Å².